The molecule has 0 aliphatic carbocycles. The number of hydrogen-bond acceptors (Lipinski definition) is 16. The maximum atomic E-state index is 14.7. The lowest BCUT2D eigenvalue weighted by atomic mass is 9.81. The van der Waals surface area contributed by atoms with Crippen LogP contribution in [0.15, 0.2) is 30.3 Å². The number of alkyl carbamates (subject to hydrolysis) is 2. The summed E-state index contributed by atoms with van der Waals surface area (Å²) in [7, 11) is -5.75. The van der Waals surface area contributed by atoms with Gasteiger partial charge in [-0.3, -0.25) is 4.79 Å². The lowest BCUT2D eigenvalue weighted by Crippen LogP contribution is -2.46. The number of carbonyl (C=O) groups is 4. The molecule has 0 aromatic heterocycles. The van der Waals surface area contributed by atoms with E-state index in [4.69, 9.17) is 50.2 Å². The Kier molecular flexibility index (Phi) is 21.2. The van der Waals surface area contributed by atoms with Gasteiger partial charge in [0.2, 0.25) is 5.36 Å². The summed E-state index contributed by atoms with van der Waals surface area (Å²) >= 11 is 0. The summed E-state index contributed by atoms with van der Waals surface area (Å²) < 4.78 is 67.9. The molecule has 0 fully saturated rings. The van der Waals surface area contributed by atoms with Crippen LogP contribution in [0, 0.1) is 0 Å². The van der Waals surface area contributed by atoms with E-state index in [0.29, 0.717) is 83.2 Å². The Labute approximate surface area is 460 Å². The number of rotatable bonds is 29. The second kappa shape index (κ2) is 28.2. The molecule has 0 spiro atoms. The van der Waals surface area contributed by atoms with Crippen molar-refractivity contribution >= 4 is 53.0 Å². The van der Waals surface area contributed by atoms with Crippen LogP contribution in [0.4, 0.5) is 15.3 Å². The van der Waals surface area contributed by atoms with Gasteiger partial charge in [-0.15, -0.1) is 0 Å². The van der Waals surface area contributed by atoms with Crippen LogP contribution in [0.25, 0.3) is 5.57 Å². The Morgan fingerprint density at radius 3 is 1.81 bits per heavy atom. The molecule has 21 heteroatoms. The average molecular weight is 1120 g/mol. The van der Waals surface area contributed by atoms with Crippen LogP contribution in [-0.4, -0.2) is 140 Å². The molecule has 0 atom stereocenters. The normalized spacial score (nSPS) is 15.3. The van der Waals surface area contributed by atoms with Gasteiger partial charge in [-0.05, 0) is 134 Å². The molecule has 19 nitrogen and oxygen atoms in total. The molecule has 3 aromatic carbocycles. The van der Waals surface area contributed by atoms with E-state index in [1.807, 2.05) is 47.6 Å². The fourth-order valence-electron chi connectivity index (χ4n) is 11.6. The van der Waals surface area contributed by atoms with Crippen LogP contribution in [0.3, 0.4) is 0 Å². The van der Waals surface area contributed by atoms with E-state index < -0.39 is 41.7 Å². The predicted octanol–water partition coefficient (Wildman–Crippen LogP) is 6.90. The Morgan fingerprint density at radius 1 is 0.615 bits per heavy atom. The van der Waals surface area contributed by atoms with E-state index in [0.717, 1.165) is 105 Å². The van der Waals surface area contributed by atoms with Crippen LogP contribution in [0.5, 0.6) is 17.2 Å². The molecule has 3 aromatic rings. The average Bonchev–Trinajstić information content (AvgIpc) is 3.58. The SMILES string of the molecule is CCO[Si](CCCNC(=O)OCCOC(=O)c1cc(OC(=O)CCOC(=O)NCCC[Si](OCC)(OCC)OCC)ccc1C1=c2cc3c4c(c2Oc2c1cc1c5c2CCCN5CCC1)CCC[N+]=4CCC3)(OCC)OCC. The maximum Gasteiger partial charge on any atom is 0.500 e. The van der Waals surface area contributed by atoms with Crippen molar-refractivity contribution in [2.75, 3.05) is 104 Å². The molecule has 0 saturated heterocycles. The van der Waals surface area contributed by atoms with Crippen molar-refractivity contribution in [3.8, 4) is 17.2 Å². The second-order valence-corrected chi connectivity index (χ2v) is 25.2. The first-order valence-corrected chi connectivity index (χ1v) is 32.5. The third-order valence-electron chi connectivity index (χ3n) is 14.5. The molecular formula is C57H81N4O15Si2+. The van der Waals surface area contributed by atoms with E-state index >= 15 is 0 Å². The standard InChI is InChI=1S/C57H80N4O15Si2/c1-7-69-77(70-8-2,71-9-3)35-17-26-58-56(64)67-32-25-49(62)75-42-23-24-43(46(39-42)55(63)66-33-34-68-57(65)59-27-18-36-78(72-10-4,73-11-5)74-12-6)50-47-37-40-19-13-28-60-30-15-21-44(51(40)60)53(47)76-54-45-22-16-31-61-29-14-20-41(52(45)61)38-48(50)54/h23-24,37-39H,7-22,25-36H2,1-6H3,(H-,58,59,64,65)/p+1. The first-order valence-electron chi connectivity index (χ1n) is 28.6. The lowest BCUT2D eigenvalue weighted by Gasteiger charge is -2.39. The zero-order valence-electron chi connectivity index (χ0n) is 46.7. The van der Waals surface area contributed by atoms with Crippen molar-refractivity contribution in [3.63, 3.8) is 0 Å². The van der Waals surface area contributed by atoms with E-state index in [-0.39, 0.29) is 37.6 Å². The largest absolute Gasteiger partial charge is 0.500 e. The second-order valence-electron chi connectivity index (χ2n) is 19.7. The minimum Gasteiger partial charge on any atom is -0.458 e. The number of hydrogen-bond donors (Lipinski definition) is 2. The number of carbonyl (C=O) groups excluding carboxylic acids is 4. The highest BCUT2D eigenvalue weighted by molar-refractivity contribution is 6.61. The highest BCUT2D eigenvalue weighted by Crippen LogP contribution is 2.49. The molecule has 78 heavy (non-hydrogen) atoms. The first kappa shape index (κ1) is 58.7. The molecule has 0 unspecified atom stereocenters. The van der Waals surface area contributed by atoms with Gasteiger partial charge in [0.25, 0.3) is 0 Å². The number of amides is 2. The quantitative estimate of drug-likeness (QED) is 0.0142. The number of fused-ring (bicyclic) bond motifs is 4. The van der Waals surface area contributed by atoms with Gasteiger partial charge in [-0.1, -0.05) is 0 Å². The molecule has 0 radical (unpaired) electrons. The third kappa shape index (κ3) is 13.9. The van der Waals surface area contributed by atoms with E-state index in [1.54, 1.807) is 6.07 Å². The molecule has 2 N–H and O–H groups in total. The topological polar surface area (TPSA) is 200 Å². The van der Waals surface area contributed by atoms with Crippen LogP contribution in [-0.2, 0) is 71.2 Å². The molecule has 8 rings (SSSR count). The number of anilines is 1. The number of aryl methyl sites for hydroxylation is 2. The third-order valence-corrected chi connectivity index (χ3v) is 20.8. The van der Waals surface area contributed by atoms with Gasteiger partial charge in [0.1, 0.15) is 50.2 Å². The number of ether oxygens (including phenoxy) is 5. The van der Waals surface area contributed by atoms with Gasteiger partial charge in [0.05, 0.1) is 17.5 Å². The van der Waals surface area contributed by atoms with Crippen LogP contribution >= 0.6 is 0 Å². The zero-order chi connectivity index (χ0) is 55.1. The van der Waals surface area contributed by atoms with Crippen molar-refractivity contribution in [3.05, 3.63) is 79.9 Å². The van der Waals surface area contributed by atoms with Crippen molar-refractivity contribution < 1.29 is 69.4 Å². The number of nitrogens with zero attached hydrogens (tertiary/aromatic N) is 2. The summed E-state index contributed by atoms with van der Waals surface area (Å²) in [5, 5.41) is 7.67. The fraction of sp³-hybridized carbons (Fsp3) is 0.596. The molecular weight excluding hydrogens is 1040 g/mol. The molecule has 2 amide bonds. The van der Waals surface area contributed by atoms with Gasteiger partial charge < -0.3 is 65.8 Å². The van der Waals surface area contributed by atoms with Gasteiger partial charge in [0.15, 0.2) is 0 Å². The lowest BCUT2D eigenvalue weighted by molar-refractivity contribution is -0.135. The summed E-state index contributed by atoms with van der Waals surface area (Å²) in [5.41, 5.74) is 8.70. The van der Waals surface area contributed by atoms with Gasteiger partial charge in [-0.2, -0.15) is 0 Å². The minimum absolute atomic E-state index is 0.104. The number of nitrogens with one attached hydrogen (secondary N) is 2. The summed E-state index contributed by atoms with van der Waals surface area (Å²) in [4.78, 5) is 56.2. The Morgan fingerprint density at radius 2 is 1.18 bits per heavy atom. The first-order chi connectivity index (χ1) is 38.0. The molecule has 5 aliphatic rings. The summed E-state index contributed by atoms with van der Waals surface area (Å²) in [6.07, 6.45) is 7.19. The smallest absolute Gasteiger partial charge is 0.458 e. The Hall–Kier alpha value is -5.40. The van der Waals surface area contributed by atoms with E-state index in [1.165, 1.54) is 39.4 Å². The van der Waals surface area contributed by atoms with Crippen molar-refractivity contribution in [1.82, 2.24) is 15.2 Å². The zero-order valence-corrected chi connectivity index (χ0v) is 48.7. The van der Waals surface area contributed by atoms with Crippen LogP contribution < -0.4 is 40.2 Å². The van der Waals surface area contributed by atoms with Crippen LogP contribution in [0.1, 0.15) is 130 Å². The minimum atomic E-state index is -2.88. The van der Waals surface area contributed by atoms with Gasteiger partial charge in [0, 0.05) is 124 Å². The molecule has 5 aliphatic heterocycles. The van der Waals surface area contributed by atoms with Gasteiger partial charge in [-0.25, -0.2) is 19.0 Å². The van der Waals surface area contributed by atoms with Crippen LogP contribution in [0.2, 0.25) is 12.1 Å². The Bertz CT molecular complexity index is 2720. The fourth-order valence-corrected chi connectivity index (χ4v) is 16.9. The monoisotopic (exact) mass is 1120 g/mol. The number of benzene rings is 3. The molecule has 426 valence electrons. The van der Waals surface area contributed by atoms with E-state index in [9.17, 15) is 19.2 Å². The summed E-state index contributed by atoms with van der Waals surface area (Å²) in [6, 6.07) is 10.6. The number of esters is 2. The molecule has 0 bridgehead atoms. The van der Waals surface area contributed by atoms with Crippen molar-refractivity contribution in [2.24, 2.45) is 0 Å². The highest BCUT2D eigenvalue weighted by Gasteiger charge is 2.41. The predicted molar refractivity (Wildman–Crippen MR) is 296 cm³/mol. The Balaban J connectivity index is 1.03. The summed E-state index contributed by atoms with van der Waals surface area (Å²) in [6.45, 7) is 18.0. The summed E-state index contributed by atoms with van der Waals surface area (Å²) in [5.74, 6) is 0.383. The van der Waals surface area contributed by atoms with E-state index in [2.05, 4.69) is 32.2 Å². The van der Waals surface area contributed by atoms with Crippen molar-refractivity contribution in [2.45, 2.75) is 124 Å². The molecule has 0 saturated carbocycles. The molecule has 5 heterocycles. The van der Waals surface area contributed by atoms with Gasteiger partial charge >= 0.3 is 41.7 Å². The maximum absolute atomic E-state index is 14.7. The highest BCUT2D eigenvalue weighted by atomic mass is 28.4. The van der Waals surface area contributed by atoms with Crippen molar-refractivity contribution in [1.29, 1.82) is 0 Å².